The van der Waals surface area contributed by atoms with Crippen molar-refractivity contribution in [2.45, 2.75) is 70.8 Å². The molecule has 0 bridgehead atoms. The smallest absolute Gasteiger partial charge is 0.303 e. The van der Waals surface area contributed by atoms with Gasteiger partial charge < -0.3 is 10.0 Å². The van der Waals surface area contributed by atoms with Gasteiger partial charge in [-0.1, -0.05) is 31.9 Å². The Labute approximate surface area is 167 Å². The number of nitrogens with zero attached hydrogens (tertiary/aromatic N) is 1. The number of allylic oxidation sites excluding steroid dienone is 1. The van der Waals surface area contributed by atoms with Crippen molar-refractivity contribution < 1.29 is 19.5 Å². The summed E-state index contributed by atoms with van der Waals surface area (Å²) in [6.45, 7) is 2.82. The van der Waals surface area contributed by atoms with E-state index in [4.69, 9.17) is 5.11 Å². The second kappa shape index (κ2) is 11.4. The molecule has 0 aliphatic carbocycles. The maximum atomic E-state index is 12.3. The Morgan fingerprint density at radius 1 is 1.11 bits per heavy atom. The zero-order valence-corrected chi connectivity index (χ0v) is 16.7. The monoisotopic (exact) mass is 385 g/mol. The maximum Gasteiger partial charge on any atom is 0.303 e. The minimum atomic E-state index is -0.780. The topological polar surface area (TPSA) is 74.7 Å². The van der Waals surface area contributed by atoms with Crippen molar-refractivity contribution in [3.63, 3.8) is 0 Å². The minimum absolute atomic E-state index is 0.169. The van der Waals surface area contributed by atoms with E-state index in [9.17, 15) is 14.4 Å². The summed E-state index contributed by atoms with van der Waals surface area (Å²) in [5.41, 5.74) is 1.71. The third-order valence-electron chi connectivity index (χ3n) is 5.16. The van der Waals surface area contributed by atoms with E-state index in [-0.39, 0.29) is 24.0 Å². The van der Waals surface area contributed by atoms with Crippen molar-refractivity contribution in [1.29, 1.82) is 0 Å². The van der Waals surface area contributed by atoms with Gasteiger partial charge in [-0.2, -0.15) is 0 Å². The molecule has 1 atom stereocenters. The molecule has 5 heteroatoms. The number of anilines is 1. The summed E-state index contributed by atoms with van der Waals surface area (Å²) in [4.78, 5) is 37.1. The van der Waals surface area contributed by atoms with E-state index in [0.29, 0.717) is 38.6 Å². The second-order valence-electron chi connectivity index (χ2n) is 7.35. The lowest BCUT2D eigenvalue weighted by Gasteiger charge is -2.25. The van der Waals surface area contributed by atoms with Crippen LogP contribution in [0.2, 0.25) is 0 Å². The molecule has 0 radical (unpaired) electrons. The van der Waals surface area contributed by atoms with Gasteiger partial charge in [0.1, 0.15) is 0 Å². The molecule has 1 aromatic rings. The van der Waals surface area contributed by atoms with Crippen LogP contribution in [0.5, 0.6) is 0 Å². The SMILES string of the molecule is CCCCCC(=O)c1ccc(N2CCC(=O)C2C/C=C\CCCC(=O)O)cc1. The molecular formula is C23H31NO4. The molecule has 1 fully saturated rings. The first kappa shape index (κ1) is 21.9. The Hall–Kier alpha value is -2.43. The van der Waals surface area contributed by atoms with E-state index in [1.54, 1.807) is 0 Å². The van der Waals surface area contributed by atoms with Gasteiger partial charge in [-0.15, -0.1) is 0 Å². The summed E-state index contributed by atoms with van der Waals surface area (Å²) in [6.07, 6.45) is 10.3. The quantitative estimate of drug-likeness (QED) is 0.318. The van der Waals surface area contributed by atoms with Crippen molar-refractivity contribution >= 4 is 23.2 Å². The molecule has 0 aromatic heterocycles. The highest BCUT2D eigenvalue weighted by atomic mass is 16.4. The fourth-order valence-electron chi connectivity index (χ4n) is 3.53. The number of hydrogen-bond acceptors (Lipinski definition) is 4. The molecular weight excluding hydrogens is 354 g/mol. The average molecular weight is 386 g/mol. The number of carbonyl (C=O) groups excluding carboxylic acids is 2. The van der Waals surface area contributed by atoms with Crippen LogP contribution < -0.4 is 4.90 Å². The highest BCUT2D eigenvalue weighted by Crippen LogP contribution is 2.26. The summed E-state index contributed by atoms with van der Waals surface area (Å²) in [5, 5.41) is 8.65. The first-order valence-corrected chi connectivity index (χ1v) is 10.3. The van der Waals surface area contributed by atoms with Crippen molar-refractivity contribution in [2.75, 3.05) is 11.4 Å². The highest BCUT2D eigenvalue weighted by Gasteiger charge is 2.31. The Morgan fingerprint density at radius 3 is 2.54 bits per heavy atom. The summed E-state index contributed by atoms with van der Waals surface area (Å²) in [7, 11) is 0. The van der Waals surface area contributed by atoms with Gasteiger partial charge >= 0.3 is 5.97 Å². The number of carboxylic acids is 1. The Kier molecular flexibility index (Phi) is 8.92. The normalized spacial score (nSPS) is 16.8. The molecule has 0 amide bonds. The zero-order chi connectivity index (χ0) is 20.4. The van der Waals surface area contributed by atoms with Gasteiger partial charge in [-0.05, 0) is 49.9 Å². The summed E-state index contributed by atoms with van der Waals surface area (Å²) < 4.78 is 0. The number of benzene rings is 1. The van der Waals surface area contributed by atoms with Crippen LogP contribution in [0.3, 0.4) is 0 Å². The lowest BCUT2D eigenvalue weighted by atomic mass is 10.0. The van der Waals surface area contributed by atoms with Gasteiger partial charge in [0, 0.05) is 37.1 Å². The minimum Gasteiger partial charge on any atom is -0.481 e. The third-order valence-corrected chi connectivity index (χ3v) is 5.16. The van der Waals surface area contributed by atoms with Crippen LogP contribution >= 0.6 is 0 Å². The van der Waals surface area contributed by atoms with Crippen molar-refractivity contribution in [1.82, 2.24) is 0 Å². The Morgan fingerprint density at radius 2 is 1.86 bits per heavy atom. The van der Waals surface area contributed by atoms with Crippen LogP contribution in [0.4, 0.5) is 5.69 Å². The maximum absolute atomic E-state index is 12.3. The van der Waals surface area contributed by atoms with Crippen LogP contribution in [-0.2, 0) is 9.59 Å². The highest BCUT2D eigenvalue weighted by molar-refractivity contribution is 5.96. The molecule has 2 rings (SSSR count). The number of aliphatic carboxylic acids is 1. The molecule has 1 N–H and O–H groups in total. The Bertz CT molecular complexity index is 693. The molecule has 5 nitrogen and oxygen atoms in total. The number of rotatable bonds is 12. The summed E-state index contributed by atoms with van der Waals surface area (Å²) >= 11 is 0. The molecule has 1 aliphatic rings. The molecule has 1 aliphatic heterocycles. The first-order chi connectivity index (χ1) is 13.5. The van der Waals surface area contributed by atoms with Crippen molar-refractivity contribution in [2.24, 2.45) is 0 Å². The van der Waals surface area contributed by atoms with Crippen molar-refractivity contribution in [3.05, 3.63) is 42.0 Å². The van der Waals surface area contributed by atoms with Gasteiger partial charge in [-0.3, -0.25) is 14.4 Å². The lowest BCUT2D eigenvalue weighted by Crippen LogP contribution is -2.32. The van der Waals surface area contributed by atoms with E-state index in [0.717, 1.165) is 30.5 Å². The van der Waals surface area contributed by atoms with Crippen LogP contribution in [0.1, 0.15) is 75.1 Å². The average Bonchev–Trinajstić information content (AvgIpc) is 3.05. The van der Waals surface area contributed by atoms with Gasteiger partial charge in [0.05, 0.1) is 6.04 Å². The number of hydrogen-bond donors (Lipinski definition) is 1. The van der Waals surface area contributed by atoms with E-state index < -0.39 is 5.97 Å². The molecule has 1 heterocycles. The molecule has 1 saturated heterocycles. The zero-order valence-electron chi connectivity index (χ0n) is 16.7. The van der Waals surface area contributed by atoms with Crippen LogP contribution in [0, 0.1) is 0 Å². The number of carbonyl (C=O) groups is 3. The molecule has 1 unspecified atom stereocenters. The van der Waals surface area contributed by atoms with Crippen LogP contribution in [0.25, 0.3) is 0 Å². The summed E-state index contributed by atoms with van der Waals surface area (Å²) in [6, 6.07) is 7.43. The van der Waals surface area contributed by atoms with E-state index in [2.05, 4.69) is 11.8 Å². The third kappa shape index (κ3) is 6.63. The largest absolute Gasteiger partial charge is 0.481 e. The fourth-order valence-corrected chi connectivity index (χ4v) is 3.53. The fraction of sp³-hybridized carbons (Fsp3) is 0.522. The van der Waals surface area contributed by atoms with E-state index in [1.165, 1.54) is 0 Å². The molecule has 152 valence electrons. The van der Waals surface area contributed by atoms with Gasteiger partial charge in [-0.25, -0.2) is 0 Å². The summed E-state index contributed by atoms with van der Waals surface area (Å²) in [5.74, 6) is -0.369. The molecule has 0 saturated carbocycles. The number of carboxylic acid groups (broad SMARTS) is 1. The standard InChI is InChI=1S/C23H31NO4/c1-2-3-6-10-21(25)18-12-14-19(15-13-18)24-17-16-22(26)20(24)9-7-4-5-8-11-23(27)28/h4,7,12-15,20H,2-3,5-6,8-11,16-17H2,1H3,(H,27,28)/b7-4-. The van der Waals surface area contributed by atoms with E-state index in [1.807, 2.05) is 36.4 Å². The predicted octanol–water partition coefficient (Wildman–Crippen LogP) is 4.80. The first-order valence-electron chi connectivity index (χ1n) is 10.3. The van der Waals surface area contributed by atoms with Crippen LogP contribution in [0.15, 0.2) is 36.4 Å². The lowest BCUT2D eigenvalue weighted by molar-refractivity contribution is -0.137. The van der Waals surface area contributed by atoms with Crippen LogP contribution in [-0.4, -0.2) is 35.2 Å². The number of Topliss-reactive ketones (excluding diaryl/α,β-unsaturated/α-hetero) is 2. The number of ketones is 2. The Balaban J connectivity index is 1.91. The van der Waals surface area contributed by atoms with Gasteiger partial charge in [0.15, 0.2) is 11.6 Å². The molecule has 1 aromatic carbocycles. The van der Waals surface area contributed by atoms with Crippen molar-refractivity contribution in [3.8, 4) is 0 Å². The second-order valence-corrected chi connectivity index (χ2v) is 7.35. The predicted molar refractivity (Wildman–Crippen MR) is 111 cm³/mol. The number of unbranched alkanes of at least 4 members (excludes halogenated alkanes) is 3. The van der Waals surface area contributed by atoms with E-state index >= 15 is 0 Å². The molecule has 0 spiro atoms. The van der Waals surface area contributed by atoms with Gasteiger partial charge in [0.2, 0.25) is 0 Å². The molecule has 28 heavy (non-hydrogen) atoms. The van der Waals surface area contributed by atoms with Gasteiger partial charge in [0.25, 0.3) is 0 Å².